The Morgan fingerprint density at radius 2 is 1.76 bits per heavy atom. The van der Waals surface area contributed by atoms with Crippen LogP contribution in [0.3, 0.4) is 0 Å². The molecule has 1 amide bonds. The zero-order chi connectivity index (χ0) is 15.6. The molecule has 140 valence electrons. The summed E-state index contributed by atoms with van der Waals surface area (Å²) < 4.78 is 0. The highest BCUT2D eigenvalue weighted by molar-refractivity contribution is 5.85. The van der Waals surface area contributed by atoms with Crippen LogP contribution >= 0.6 is 24.8 Å². The number of amides is 1. The maximum atomic E-state index is 13.1. The highest BCUT2D eigenvalue weighted by atomic mass is 35.5. The summed E-state index contributed by atoms with van der Waals surface area (Å²) in [4.78, 5) is 17.6. The van der Waals surface area contributed by atoms with Crippen molar-refractivity contribution in [3.63, 3.8) is 0 Å². The number of halogens is 2. The van der Waals surface area contributed by atoms with Crippen molar-refractivity contribution < 1.29 is 4.79 Å². The van der Waals surface area contributed by atoms with Gasteiger partial charge in [-0.05, 0) is 44.2 Å². The molecule has 1 N–H and O–H groups in total. The van der Waals surface area contributed by atoms with E-state index in [1.807, 2.05) is 0 Å². The fourth-order valence-corrected chi connectivity index (χ4v) is 4.47. The lowest BCUT2D eigenvalue weighted by atomic mass is 10.1. The molecule has 4 rings (SSSR count). The number of hydrogen-bond acceptors (Lipinski definition) is 3. The van der Waals surface area contributed by atoms with E-state index in [-0.39, 0.29) is 30.9 Å². The van der Waals surface area contributed by atoms with Gasteiger partial charge in [-0.1, -0.05) is 30.3 Å². The topological polar surface area (TPSA) is 35.6 Å². The molecule has 0 aliphatic carbocycles. The molecule has 6 heteroatoms. The van der Waals surface area contributed by atoms with Crippen LogP contribution in [0.25, 0.3) is 0 Å². The Balaban J connectivity index is 0.00000113. The van der Waals surface area contributed by atoms with Crippen LogP contribution in [-0.4, -0.2) is 53.5 Å². The number of fused-ring (bicyclic) bond motifs is 2. The first-order valence-corrected chi connectivity index (χ1v) is 9.12. The number of carbonyl (C=O) groups is 1. The van der Waals surface area contributed by atoms with Crippen LogP contribution in [-0.2, 0) is 11.3 Å². The second-order valence-electron chi connectivity index (χ2n) is 7.32. The summed E-state index contributed by atoms with van der Waals surface area (Å²) >= 11 is 0. The number of likely N-dealkylation sites (tertiary alicyclic amines) is 2. The maximum absolute atomic E-state index is 13.1. The summed E-state index contributed by atoms with van der Waals surface area (Å²) in [5.74, 6) is 0.368. The molecular weight excluding hydrogens is 357 g/mol. The fourth-order valence-electron chi connectivity index (χ4n) is 4.47. The molecule has 3 aliphatic rings. The van der Waals surface area contributed by atoms with Crippen LogP contribution in [0.2, 0.25) is 0 Å². The molecule has 0 radical (unpaired) electrons. The Labute approximate surface area is 163 Å². The first-order chi connectivity index (χ1) is 11.3. The van der Waals surface area contributed by atoms with E-state index in [4.69, 9.17) is 0 Å². The smallest absolute Gasteiger partial charge is 0.239 e. The molecule has 1 aromatic rings. The first-order valence-electron chi connectivity index (χ1n) is 9.12. The van der Waals surface area contributed by atoms with Gasteiger partial charge < -0.3 is 10.2 Å². The number of carbonyl (C=O) groups excluding carboxylic acids is 1. The van der Waals surface area contributed by atoms with Gasteiger partial charge in [0.15, 0.2) is 0 Å². The summed E-state index contributed by atoms with van der Waals surface area (Å²) in [6.45, 7) is 3.78. The molecule has 3 aliphatic heterocycles. The van der Waals surface area contributed by atoms with E-state index in [0.717, 1.165) is 45.4 Å². The molecule has 0 saturated carbocycles. The van der Waals surface area contributed by atoms with Crippen LogP contribution in [0.4, 0.5) is 0 Å². The fraction of sp³-hybridized carbons (Fsp3) is 0.632. The third-order valence-electron chi connectivity index (χ3n) is 5.71. The summed E-state index contributed by atoms with van der Waals surface area (Å²) in [7, 11) is 0. The average molecular weight is 386 g/mol. The van der Waals surface area contributed by atoms with E-state index in [9.17, 15) is 4.79 Å². The quantitative estimate of drug-likeness (QED) is 0.868. The molecule has 4 nitrogen and oxygen atoms in total. The second-order valence-corrected chi connectivity index (χ2v) is 7.32. The van der Waals surface area contributed by atoms with Gasteiger partial charge in [0.05, 0.1) is 6.04 Å². The molecule has 2 bridgehead atoms. The van der Waals surface area contributed by atoms with Gasteiger partial charge in [-0.25, -0.2) is 0 Å². The van der Waals surface area contributed by atoms with E-state index in [1.165, 1.54) is 18.4 Å². The highest BCUT2D eigenvalue weighted by Gasteiger charge is 2.37. The minimum Gasteiger partial charge on any atom is -0.340 e. The molecule has 3 fully saturated rings. The first kappa shape index (κ1) is 20.5. The van der Waals surface area contributed by atoms with Gasteiger partial charge in [-0.2, -0.15) is 0 Å². The number of nitrogens with one attached hydrogen (secondary N) is 1. The Kier molecular flexibility index (Phi) is 7.56. The SMILES string of the molecule is Cl.Cl.O=C(C1CCCN1Cc1ccccc1)N1CCC2CCC(C1)N2. The molecule has 3 saturated heterocycles. The van der Waals surface area contributed by atoms with Crippen molar-refractivity contribution in [2.24, 2.45) is 0 Å². The lowest BCUT2D eigenvalue weighted by Crippen LogP contribution is -2.48. The van der Waals surface area contributed by atoms with Gasteiger partial charge >= 0.3 is 0 Å². The number of benzene rings is 1. The third kappa shape index (κ3) is 4.68. The Morgan fingerprint density at radius 3 is 2.56 bits per heavy atom. The van der Waals surface area contributed by atoms with Crippen molar-refractivity contribution in [2.75, 3.05) is 19.6 Å². The zero-order valence-corrected chi connectivity index (χ0v) is 16.2. The normalized spacial score (nSPS) is 28.8. The monoisotopic (exact) mass is 385 g/mol. The van der Waals surface area contributed by atoms with Crippen molar-refractivity contribution >= 4 is 30.7 Å². The van der Waals surface area contributed by atoms with Crippen molar-refractivity contribution in [2.45, 2.75) is 56.8 Å². The summed E-state index contributed by atoms with van der Waals surface area (Å²) in [6, 6.07) is 11.8. The Bertz CT molecular complexity index is 557. The van der Waals surface area contributed by atoms with Gasteiger partial charge in [0, 0.05) is 31.7 Å². The molecule has 0 aromatic heterocycles. The van der Waals surface area contributed by atoms with E-state index >= 15 is 0 Å². The van der Waals surface area contributed by atoms with Crippen LogP contribution in [0, 0.1) is 0 Å². The Hall–Kier alpha value is -0.810. The summed E-state index contributed by atoms with van der Waals surface area (Å²) in [6.07, 6.45) is 5.79. The number of rotatable bonds is 3. The lowest BCUT2D eigenvalue weighted by Gasteiger charge is -2.31. The molecule has 3 heterocycles. The van der Waals surface area contributed by atoms with Crippen molar-refractivity contribution in [1.29, 1.82) is 0 Å². The highest BCUT2D eigenvalue weighted by Crippen LogP contribution is 2.25. The van der Waals surface area contributed by atoms with Crippen LogP contribution < -0.4 is 5.32 Å². The largest absolute Gasteiger partial charge is 0.340 e. The van der Waals surface area contributed by atoms with E-state index < -0.39 is 0 Å². The van der Waals surface area contributed by atoms with Gasteiger partial charge in [-0.15, -0.1) is 24.8 Å². The van der Waals surface area contributed by atoms with Crippen molar-refractivity contribution in [1.82, 2.24) is 15.1 Å². The molecule has 3 unspecified atom stereocenters. The molecule has 0 spiro atoms. The number of nitrogens with zero attached hydrogens (tertiary/aromatic N) is 2. The predicted octanol–water partition coefficient (Wildman–Crippen LogP) is 2.85. The number of hydrogen-bond donors (Lipinski definition) is 1. The second kappa shape index (κ2) is 9.22. The molecule has 3 atom stereocenters. The van der Waals surface area contributed by atoms with Gasteiger partial charge in [0.1, 0.15) is 0 Å². The van der Waals surface area contributed by atoms with Gasteiger partial charge in [-0.3, -0.25) is 9.69 Å². The maximum Gasteiger partial charge on any atom is 0.239 e. The van der Waals surface area contributed by atoms with Gasteiger partial charge in [0.2, 0.25) is 5.91 Å². The minimum absolute atomic E-state index is 0. The van der Waals surface area contributed by atoms with Crippen molar-refractivity contribution in [3.8, 4) is 0 Å². The van der Waals surface area contributed by atoms with Gasteiger partial charge in [0.25, 0.3) is 0 Å². The predicted molar refractivity (Wildman–Crippen MR) is 106 cm³/mol. The average Bonchev–Trinajstić information content (AvgIpc) is 3.14. The molecule has 1 aromatic carbocycles. The summed E-state index contributed by atoms with van der Waals surface area (Å²) in [5, 5.41) is 3.67. The van der Waals surface area contributed by atoms with Crippen LogP contribution in [0.5, 0.6) is 0 Å². The van der Waals surface area contributed by atoms with Crippen LogP contribution in [0.15, 0.2) is 30.3 Å². The summed E-state index contributed by atoms with van der Waals surface area (Å²) in [5.41, 5.74) is 1.31. The van der Waals surface area contributed by atoms with Crippen LogP contribution in [0.1, 0.15) is 37.7 Å². The Morgan fingerprint density at radius 1 is 1.00 bits per heavy atom. The van der Waals surface area contributed by atoms with E-state index in [0.29, 0.717) is 18.0 Å². The zero-order valence-electron chi connectivity index (χ0n) is 14.6. The minimum atomic E-state index is 0. The van der Waals surface area contributed by atoms with Crippen molar-refractivity contribution in [3.05, 3.63) is 35.9 Å². The standard InChI is InChI=1S/C19H27N3O.2ClH/c23-19(22-12-10-16-8-9-17(14-22)20-16)18-7-4-11-21(18)13-15-5-2-1-3-6-15;;/h1-3,5-6,16-18,20H,4,7-14H2;2*1H. The molecular formula is C19H29Cl2N3O. The lowest BCUT2D eigenvalue weighted by molar-refractivity contribution is -0.136. The van der Waals surface area contributed by atoms with E-state index in [1.54, 1.807) is 0 Å². The van der Waals surface area contributed by atoms with E-state index in [2.05, 4.69) is 45.4 Å². The molecule has 25 heavy (non-hydrogen) atoms. The third-order valence-corrected chi connectivity index (χ3v) is 5.71.